The summed E-state index contributed by atoms with van der Waals surface area (Å²) in [5.74, 6) is -0.199. The third-order valence-electron chi connectivity index (χ3n) is 3.01. The van der Waals surface area contributed by atoms with E-state index >= 15 is 0 Å². The Kier molecular flexibility index (Phi) is 3.43. The topological polar surface area (TPSA) is 46.4 Å². The van der Waals surface area contributed by atoms with E-state index in [9.17, 15) is 4.79 Å². The maximum absolute atomic E-state index is 12.2. The van der Waals surface area contributed by atoms with Crippen LogP contribution in [0.5, 0.6) is 0 Å². The average Bonchev–Trinajstić information content (AvgIpc) is 2.84. The van der Waals surface area contributed by atoms with Gasteiger partial charge in [-0.2, -0.15) is 0 Å². The van der Waals surface area contributed by atoms with Crippen molar-refractivity contribution in [2.24, 2.45) is 0 Å². The van der Waals surface area contributed by atoms with Crippen molar-refractivity contribution in [1.29, 1.82) is 0 Å². The molecule has 3 aromatic rings. The van der Waals surface area contributed by atoms with Gasteiger partial charge in [-0.25, -0.2) is 4.98 Å². The highest BCUT2D eigenvalue weighted by Crippen LogP contribution is 2.14. The number of benzene rings is 1. The molecule has 2 heterocycles. The number of aryl methyl sites for hydroxylation is 1. The zero-order chi connectivity index (χ0) is 14.1. The molecule has 20 heavy (non-hydrogen) atoms. The number of hydrogen-bond acceptors (Lipinski definition) is 2. The fourth-order valence-electron chi connectivity index (χ4n) is 2.02. The monoisotopic (exact) mass is 377 g/mol. The van der Waals surface area contributed by atoms with E-state index in [4.69, 9.17) is 0 Å². The first-order valence-corrected chi connectivity index (χ1v) is 7.23. The van der Waals surface area contributed by atoms with Crippen molar-refractivity contribution < 1.29 is 4.79 Å². The molecule has 0 aliphatic rings. The van der Waals surface area contributed by atoms with Gasteiger partial charge in [0.2, 0.25) is 0 Å². The quantitative estimate of drug-likeness (QED) is 0.695. The van der Waals surface area contributed by atoms with Crippen molar-refractivity contribution in [1.82, 2.24) is 9.38 Å². The fourth-order valence-corrected chi connectivity index (χ4v) is 2.56. The van der Waals surface area contributed by atoms with Crippen LogP contribution in [0.3, 0.4) is 0 Å². The number of rotatable bonds is 2. The first kappa shape index (κ1) is 13.1. The maximum atomic E-state index is 12.2. The van der Waals surface area contributed by atoms with Crippen LogP contribution >= 0.6 is 22.6 Å². The molecule has 0 radical (unpaired) electrons. The van der Waals surface area contributed by atoms with Gasteiger partial charge in [0, 0.05) is 21.1 Å². The molecule has 0 fully saturated rings. The number of nitrogens with zero attached hydrogens (tertiary/aromatic N) is 2. The predicted octanol–water partition coefficient (Wildman–Crippen LogP) is 3.50. The molecule has 3 rings (SSSR count). The van der Waals surface area contributed by atoms with Crippen LogP contribution in [0.15, 0.2) is 48.7 Å². The first-order chi connectivity index (χ1) is 9.63. The molecule has 0 unspecified atom stereocenters. The van der Waals surface area contributed by atoms with Gasteiger partial charge < -0.3 is 9.72 Å². The number of imidazole rings is 1. The summed E-state index contributed by atoms with van der Waals surface area (Å²) >= 11 is 2.21. The number of fused-ring (bicyclic) bond motifs is 1. The first-order valence-electron chi connectivity index (χ1n) is 6.15. The lowest BCUT2D eigenvalue weighted by molar-refractivity contribution is 0.102. The Morgan fingerprint density at radius 3 is 2.80 bits per heavy atom. The standard InChI is InChI=1S/C15H12IN3O/c1-10-4-2-7-14-18-13(9-19(10)14)15(20)17-12-6-3-5-11(16)8-12/h2-9H,1H3,(H,17,20). The van der Waals surface area contributed by atoms with Crippen LogP contribution in [0.4, 0.5) is 5.69 Å². The van der Waals surface area contributed by atoms with E-state index in [0.29, 0.717) is 5.69 Å². The van der Waals surface area contributed by atoms with Gasteiger partial charge in [-0.05, 0) is 59.8 Å². The lowest BCUT2D eigenvalue weighted by Gasteiger charge is -2.02. The minimum Gasteiger partial charge on any atom is -0.321 e. The summed E-state index contributed by atoms with van der Waals surface area (Å²) in [4.78, 5) is 16.6. The summed E-state index contributed by atoms with van der Waals surface area (Å²) in [6, 6.07) is 13.5. The van der Waals surface area contributed by atoms with Gasteiger partial charge in [-0.3, -0.25) is 4.79 Å². The summed E-state index contributed by atoms with van der Waals surface area (Å²) in [5, 5.41) is 2.86. The zero-order valence-corrected chi connectivity index (χ0v) is 13.0. The van der Waals surface area contributed by atoms with E-state index in [2.05, 4.69) is 32.9 Å². The Morgan fingerprint density at radius 1 is 1.25 bits per heavy atom. The van der Waals surface area contributed by atoms with E-state index in [1.807, 2.05) is 53.8 Å². The summed E-state index contributed by atoms with van der Waals surface area (Å²) in [7, 11) is 0. The largest absolute Gasteiger partial charge is 0.321 e. The van der Waals surface area contributed by atoms with Crippen molar-refractivity contribution in [3.8, 4) is 0 Å². The summed E-state index contributed by atoms with van der Waals surface area (Å²) in [6.45, 7) is 1.98. The third-order valence-corrected chi connectivity index (χ3v) is 3.68. The van der Waals surface area contributed by atoms with Crippen LogP contribution in [0, 0.1) is 10.5 Å². The van der Waals surface area contributed by atoms with Crippen molar-refractivity contribution in [2.45, 2.75) is 6.92 Å². The van der Waals surface area contributed by atoms with E-state index in [0.717, 1.165) is 20.6 Å². The van der Waals surface area contributed by atoms with Crippen molar-refractivity contribution in [2.75, 3.05) is 5.32 Å². The van der Waals surface area contributed by atoms with Crippen LogP contribution < -0.4 is 5.32 Å². The van der Waals surface area contributed by atoms with Gasteiger partial charge in [0.25, 0.3) is 5.91 Å². The lowest BCUT2D eigenvalue weighted by atomic mass is 10.3. The number of carbonyl (C=O) groups is 1. The molecule has 0 atom stereocenters. The number of nitrogens with one attached hydrogen (secondary N) is 1. The number of anilines is 1. The number of carbonyl (C=O) groups excluding carboxylic acids is 1. The van der Waals surface area contributed by atoms with Gasteiger partial charge in [0.15, 0.2) is 0 Å². The van der Waals surface area contributed by atoms with Crippen molar-refractivity contribution in [3.05, 3.63) is 63.6 Å². The van der Waals surface area contributed by atoms with Gasteiger partial charge in [-0.1, -0.05) is 12.1 Å². The van der Waals surface area contributed by atoms with Crippen LogP contribution in [0.2, 0.25) is 0 Å². The highest BCUT2D eigenvalue weighted by Gasteiger charge is 2.11. The molecule has 0 aliphatic heterocycles. The van der Waals surface area contributed by atoms with Crippen molar-refractivity contribution in [3.63, 3.8) is 0 Å². The number of pyridine rings is 1. The number of aromatic nitrogens is 2. The SMILES string of the molecule is Cc1cccc2nc(C(=O)Nc3cccc(I)c3)cn12. The molecule has 2 aromatic heterocycles. The molecule has 100 valence electrons. The molecule has 0 bridgehead atoms. The minimum atomic E-state index is -0.199. The Hall–Kier alpha value is -1.89. The molecule has 1 aromatic carbocycles. The molecule has 1 amide bonds. The Labute approximate surface area is 130 Å². The second-order valence-corrected chi connectivity index (χ2v) is 5.73. The predicted molar refractivity (Wildman–Crippen MR) is 87.0 cm³/mol. The second kappa shape index (κ2) is 5.24. The normalized spacial score (nSPS) is 10.7. The highest BCUT2D eigenvalue weighted by molar-refractivity contribution is 14.1. The van der Waals surface area contributed by atoms with Gasteiger partial charge in [0.05, 0.1) is 0 Å². The Balaban J connectivity index is 1.91. The van der Waals surface area contributed by atoms with E-state index < -0.39 is 0 Å². The number of hydrogen-bond donors (Lipinski definition) is 1. The fraction of sp³-hybridized carbons (Fsp3) is 0.0667. The van der Waals surface area contributed by atoms with Crippen LogP contribution in [-0.2, 0) is 0 Å². The number of amides is 1. The molecule has 1 N–H and O–H groups in total. The smallest absolute Gasteiger partial charge is 0.275 e. The summed E-state index contributed by atoms with van der Waals surface area (Å²) in [5.41, 5.74) is 3.01. The van der Waals surface area contributed by atoms with Crippen LogP contribution in [-0.4, -0.2) is 15.3 Å². The molecule has 0 saturated carbocycles. The van der Waals surface area contributed by atoms with Crippen LogP contribution in [0.1, 0.15) is 16.2 Å². The van der Waals surface area contributed by atoms with Gasteiger partial charge in [0.1, 0.15) is 11.3 Å². The third kappa shape index (κ3) is 2.53. The maximum Gasteiger partial charge on any atom is 0.275 e. The van der Waals surface area contributed by atoms with Gasteiger partial charge >= 0.3 is 0 Å². The average molecular weight is 377 g/mol. The molecule has 0 saturated heterocycles. The van der Waals surface area contributed by atoms with Gasteiger partial charge in [-0.15, -0.1) is 0 Å². The Bertz CT molecular complexity index is 795. The molecule has 0 aliphatic carbocycles. The van der Waals surface area contributed by atoms with Crippen LogP contribution in [0.25, 0.3) is 5.65 Å². The second-order valence-electron chi connectivity index (χ2n) is 4.49. The summed E-state index contributed by atoms with van der Waals surface area (Å²) < 4.78 is 2.98. The number of halogens is 1. The molecule has 4 nitrogen and oxygen atoms in total. The van der Waals surface area contributed by atoms with Crippen molar-refractivity contribution >= 4 is 39.8 Å². The van der Waals surface area contributed by atoms with E-state index in [1.54, 1.807) is 6.20 Å². The molecular weight excluding hydrogens is 365 g/mol. The zero-order valence-electron chi connectivity index (χ0n) is 10.8. The molecular formula is C15H12IN3O. The molecule has 0 spiro atoms. The minimum absolute atomic E-state index is 0.199. The van der Waals surface area contributed by atoms with E-state index in [1.165, 1.54) is 0 Å². The Morgan fingerprint density at radius 2 is 2.05 bits per heavy atom. The summed E-state index contributed by atoms with van der Waals surface area (Å²) in [6.07, 6.45) is 1.76. The van der Waals surface area contributed by atoms with E-state index in [-0.39, 0.29) is 5.91 Å². The lowest BCUT2D eigenvalue weighted by Crippen LogP contribution is -2.12. The molecule has 5 heteroatoms. The highest BCUT2D eigenvalue weighted by atomic mass is 127.